The normalized spacial score (nSPS) is 15.2. The van der Waals surface area contributed by atoms with Crippen molar-refractivity contribution < 1.29 is 26.6 Å². The Bertz CT molecular complexity index is 380. The lowest BCUT2D eigenvalue weighted by Crippen LogP contribution is -3.00. The molecule has 20 heavy (non-hydrogen) atoms. The summed E-state index contributed by atoms with van der Waals surface area (Å²) in [5.74, 6) is 0.593. The van der Waals surface area contributed by atoms with E-state index in [-0.39, 0.29) is 29.6 Å². The fourth-order valence-electron chi connectivity index (χ4n) is 2.71. The predicted molar refractivity (Wildman–Crippen MR) is 81.7 cm³/mol. The van der Waals surface area contributed by atoms with Crippen LogP contribution in [0, 0.1) is 5.92 Å². The van der Waals surface area contributed by atoms with Crippen molar-refractivity contribution >= 4 is 0 Å². The van der Waals surface area contributed by atoms with Gasteiger partial charge in [-0.2, -0.15) is 0 Å². The van der Waals surface area contributed by atoms with Crippen LogP contribution in [0.5, 0.6) is 0 Å². The molecule has 1 rings (SSSR count). The maximum Gasteiger partial charge on any atom is 0.113 e. The number of hydrogen-bond acceptors (Lipinski definition) is 1. The minimum Gasteiger partial charge on any atom is -1.00 e. The first-order valence-corrected chi connectivity index (χ1v) is 7.11. The maximum absolute atomic E-state index is 9.77. The van der Waals surface area contributed by atoms with Crippen molar-refractivity contribution in [2.45, 2.75) is 32.9 Å². The van der Waals surface area contributed by atoms with E-state index < -0.39 is 0 Å². The SMILES string of the molecule is C=CC[N@@+](C)(Cc1ccccc1)[C@H](CO)CC(C)C.[Br-]. The van der Waals surface area contributed by atoms with Crippen LogP contribution >= 0.6 is 0 Å². The number of halogens is 1. The van der Waals surface area contributed by atoms with Gasteiger partial charge in [0.1, 0.15) is 12.6 Å². The molecule has 1 aromatic rings. The average Bonchev–Trinajstić information content (AvgIpc) is 2.37. The zero-order chi connectivity index (χ0) is 14.3. The lowest BCUT2D eigenvalue weighted by atomic mass is 10.00. The summed E-state index contributed by atoms with van der Waals surface area (Å²) in [5.41, 5.74) is 1.31. The number of likely N-dealkylation sites (N-methyl/N-ethyl adjacent to an activating group) is 1. The van der Waals surface area contributed by atoms with Gasteiger partial charge in [0.15, 0.2) is 0 Å². The van der Waals surface area contributed by atoms with Gasteiger partial charge in [-0.25, -0.2) is 0 Å². The van der Waals surface area contributed by atoms with Crippen LogP contribution in [0.4, 0.5) is 0 Å². The number of aliphatic hydroxyl groups is 1. The molecule has 0 bridgehead atoms. The molecule has 0 unspecified atom stereocenters. The zero-order valence-corrected chi connectivity index (χ0v) is 14.5. The van der Waals surface area contributed by atoms with Gasteiger partial charge in [-0.15, -0.1) is 0 Å². The van der Waals surface area contributed by atoms with E-state index in [1.807, 2.05) is 12.1 Å². The first-order chi connectivity index (χ1) is 9.01. The van der Waals surface area contributed by atoms with Gasteiger partial charge in [0, 0.05) is 12.0 Å². The number of benzene rings is 1. The number of quaternary nitrogens is 1. The monoisotopic (exact) mass is 341 g/mol. The standard InChI is InChI=1S/C17H28NO.BrH/c1-5-11-18(4,17(14-19)12-15(2)3)13-16-9-7-6-8-10-16;/h5-10,15,17,19H,1,11-14H2,2-4H3;1H/q+1;/p-1/t17-,18-;/m0./s1. The summed E-state index contributed by atoms with van der Waals surface area (Å²) in [6.07, 6.45) is 3.00. The number of rotatable bonds is 8. The van der Waals surface area contributed by atoms with Gasteiger partial charge in [0.2, 0.25) is 0 Å². The summed E-state index contributed by atoms with van der Waals surface area (Å²) in [5, 5.41) is 9.77. The van der Waals surface area contributed by atoms with Crippen LogP contribution in [0.3, 0.4) is 0 Å². The molecule has 0 aliphatic rings. The van der Waals surface area contributed by atoms with Crippen molar-refractivity contribution in [3.8, 4) is 0 Å². The Balaban J connectivity index is 0.00000361. The lowest BCUT2D eigenvalue weighted by molar-refractivity contribution is -0.942. The Morgan fingerprint density at radius 1 is 1.25 bits per heavy atom. The van der Waals surface area contributed by atoms with Crippen LogP contribution < -0.4 is 17.0 Å². The Kier molecular flexibility index (Phi) is 9.03. The molecule has 0 saturated carbocycles. The van der Waals surface area contributed by atoms with Gasteiger partial charge in [0.05, 0.1) is 20.2 Å². The lowest BCUT2D eigenvalue weighted by Gasteiger charge is -2.41. The van der Waals surface area contributed by atoms with E-state index in [1.54, 1.807) is 0 Å². The third-order valence-electron chi connectivity index (χ3n) is 3.77. The smallest absolute Gasteiger partial charge is 0.113 e. The first kappa shape index (κ1) is 19.4. The number of aliphatic hydroxyl groups excluding tert-OH is 1. The molecule has 1 aromatic carbocycles. The van der Waals surface area contributed by atoms with Gasteiger partial charge < -0.3 is 26.6 Å². The fourth-order valence-corrected chi connectivity index (χ4v) is 2.71. The van der Waals surface area contributed by atoms with Gasteiger partial charge in [-0.05, 0) is 12.0 Å². The highest BCUT2D eigenvalue weighted by Gasteiger charge is 2.31. The molecule has 0 aromatic heterocycles. The molecule has 1 N–H and O–H groups in total. The second-order valence-corrected chi connectivity index (χ2v) is 6.06. The number of nitrogens with zero attached hydrogens (tertiary/aromatic N) is 1. The van der Waals surface area contributed by atoms with E-state index in [1.165, 1.54) is 5.56 Å². The molecule has 0 heterocycles. The molecule has 0 fully saturated rings. The van der Waals surface area contributed by atoms with Crippen LogP contribution in [0.2, 0.25) is 0 Å². The topological polar surface area (TPSA) is 20.2 Å². The van der Waals surface area contributed by atoms with Gasteiger partial charge in [0.25, 0.3) is 0 Å². The van der Waals surface area contributed by atoms with Crippen LogP contribution in [-0.4, -0.2) is 35.8 Å². The molecule has 0 amide bonds. The summed E-state index contributed by atoms with van der Waals surface area (Å²) in [4.78, 5) is 0. The highest BCUT2D eigenvalue weighted by atomic mass is 79.9. The number of hydrogen-bond donors (Lipinski definition) is 1. The van der Waals surface area contributed by atoms with Crippen molar-refractivity contribution in [1.82, 2.24) is 0 Å². The van der Waals surface area contributed by atoms with Crippen molar-refractivity contribution in [3.05, 3.63) is 48.6 Å². The Morgan fingerprint density at radius 2 is 1.85 bits per heavy atom. The summed E-state index contributed by atoms with van der Waals surface area (Å²) in [6, 6.07) is 10.8. The second kappa shape index (κ2) is 9.32. The molecule has 0 radical (unpaired) electrons. The third-order valence-corrected chi connectivity index (χ3v) is 3.77. The predicted octanol–water partition coefficient (Wildman–Crippen LogP) is 0.230. The molecule has 0 spiro atoms. The van der Waals surface area contributed by atoms with Crippen molar-refractivity contribution in [2.75, 3.05) is 20.2 Å². The molecule has 2 atom stereocenters. The summed E-state index contributed by atoms with van der Waals surface area (Å²) >= 11 is 0. The van der Waals surface area contributed by atoms with Crippen LogP contribution in [0.25, 0.3) is 0 Å². The largest absolute Gasteiger partial charge is 1.00 e. The molecular formula is C17H28BrNO. The third kappa shape index (κ3) is 5.78. The average molecular weight is 342 g/mol. The van der Waals surface area contributed by atoms with Gasteiger partial charge >= 0.3 is 0 Å². The van der Waals surface area contributed by atoms with Crippen LogP contribution in [-0.2, 0) is 6.54 Å². The summed E-state index contributed by atoms with van der Waals surface area (Å²) in [6.45, 7) is 10.4. The summed E-state index contributed by atoms with van der Waals surface area (Å²) < 4.78 is 0.822. The summed E-state index contributed by atoms with van der Waals surface area (Å²) in [7, 11) is 2.22. The highest BCUT2D eigenvalue weighted by Crippen LogP contribution is 2.22. The minimum absolute atomic E-state index is 0. The molecule has 0 saturated heterocycles. The molecule has 114 valence electrons. The van der Waals surface area contributed by atoms with E-state index in [2.05, 4.69) is 51.7 Å². The van der Waals surface area contributed by atoms with Crippen molar-refractivity contribution in [3.63, 3.8) is 0 Å². The highest BCUT2D eigenvalue weighted by molar-refractivity contribution is 5.13. The fraction of sp³-hybridized carbons (Fsp3) is 0.529. The minimum atomic E-state index is 0. The van der Waals surface area contributed by atoms with Crippen LogP contribution in [0.1, 0.15) is 25.8 Å². The van der Waals surface area contributed by atoms with E-state index in [9.17, 15) is 5.11 Å². The van der Waals surface area contributed by atoms with E-state index >= 15 is 0 Å². The van der Waals surface area contributed by atoms with Crippen molar-refractivity contribution in [2.24, 2.45) is 5.92 Å². The van der Waals surface area contributed by atoms with E-state index in [4.69, 9.17) is 0 Å². The quantitative estimate of drug-likeness (QED) is 0.530. The van der Waals surface area contributed by atoms with Gasteiger partial charge in [-0.3, -0.25) is 0 Å². The molecule has 2 nitrogen and oxygen atoms in total. The Labute approximate surface area is 134 Å². The van der Waals surface area contributed by atoms with E-state index in [0.29, 0.717) is 5.92 Å². The zero-order valence-electron chi connectivity index (χ0n) is 12.9. The molecule has 0 aliphatic heterocycles. The van der Waals surface area contributed by atoms with E-state index in [0.717, 1.165) is 24.0 Å². The maximum atomic E-state index is 9.77. The van der Waals surface area contributed by atoms with Crippen LogP contribution in [0.15, 0.2) is 43.0 Å². The first-order valence-electron chi connectivity index (χ1n) is 7.11. The molecule has 0 aliphatic carbocycles. The second-order valence-electron chi connectivity index (χ2n) is 6.06. The van der Waals surface area contributed by atoms with Crippen molar-refractivity contribution in [1.29, 1.82) is 0 Å². The Hall–Kier alpha value is -0.640. The Morgan fingerprint density at radius 3 is 2.30 bits per heavy atom. The molecule has 3 heteroatoms. The van der Waals surface area contributed by atoms with Gasteiger partial charge in [-0.1, -0.05) is 50.8 Å². The molecular weight excluding hydrogens is 314 g/mol.